The Bertz CT molecular complexity index is 462. The van der Waals surface area contributed by atoms with Gasteiger partial charge >= 0.3 is 0 Å². The lowest BCUT2D eigenvalue weighted by atomic mass is 10.1. The first-order valence-corrected chi connectivity index (χ1v) is 4.91. The van der Waals surface area contributed by atoms with Gasteiger partial charge in [-0.05, 0) is 30.7 Å². The molecular weight excluding hydrogens is 198 g/mol. The number of aromatic nitrogens is 2. The van der Waals surface area contributed by atoms with Gasteiger partial charge in [0.25, 0.3) is 0 Å². The number of aryl methyl sites for hydroxylation is 1. The summed E-state index contributed by atoms with van der Waals surface area (Å²) in [5, 5.41) is 5.95. The molecular formula is C10H12ClN3. The second kappa shape index (κ2) is 3.59. The Hall–Kier alpha value is -1.06. The van der Waals surface area contributed by atoms with Crippen molar-refractivity contribution < 1.29 is 0 Å². The first kappa shape index (κ1) is 9.49. The molecule has 0 saturated heterocycles. The van der Waals surface area contributed by atoms with E-state index >= 15 is 0 Å². The van der Waals surface area contributed by atoms with Gasteiger partial charge in [-0.15, -0.1) is 0 Å². The molecule has 2 rings (SSSR count). The smallest absolute Gasteiger partial charge is 0.134 e. The van der Waals surface area contributed by atoms with Crippen LogP contribution in [-0.2, 0) is 13.5 Å². The minimum Gasteiger partial charge on any atom is -0.330 e. The fourth-order valence-electron chi connectivity index (χ4n) is 1.54. The minimum atomic E-state index is 0.656. The zero-order valence-electron chi connectivity index (χ0n) is 8.00. The van der Waals surface area contributed by atoms with Crippen LogP contribution < -0.4 is 5.73 Å². The summed E-state index contributed by atoms with van der Waals surface area (Å²) in [4.78, 5) is 0. The molecule has 0 fully saturated rings. The van der Waals surface area contributed by atoms with Crippen molar-refractivity contribution in [3.05, 3.63) is 28.9 Å². The molecule has 0 aliphatic rings. The number of rotatable bonds is 2. The van der Waals surface area contributed by atoms with Crippen molar-refractivity contribution in [3.63, 3.8) is 0 Å². The third kappa shape index (κ3) is 1.49. The van der Waals surface area contributed by atoms with Crippen molar-refractivity contribution in [3.8, 4) is 0 Å². The molecule has 0 amide bonds. The van der Waals surface area contributed by atoms with Gasteiger partial charge in [0.05, 0.1) is 5.52 Å². The fraction of sp³-hybridized carbons (Fsp3) is 0.300. The quantitative estimate of drug-likeness (QED) is 0.819. The molecule has 74 valence electrons. The molecule has 0 aliphatic heterocycles. The molecule has 2 aromatic rings. The van der Waals surface area contributed by atoms with Crippen molar-refractivity contribution in [2.75, 3.05) is 6.54 Å². The average Bonchev–Trinajstić information content (AvgIpc) is 2.45. The highest BCUT2D eigenvalue weighted by atomic mass is 35.5. The van der Waals surface area contributed by atoms with Crippen molar-refractivity contribution in [2.45, 2.75) is 6.42 Å². The van der Waals surface area contributed by atoms with E-state index < -0.39 is 0 Å². The Morgan fingerprint density at radius 1 is 1.50 bits per heavy atom. The largest absolute Gasteiger partial charge is 0.330 e. The van der Waals surface area contributed by atoms with Gasteiger partial charge in [-0.2, -0.15) is 5.10 Å². The zero-order chi connectivity index (χ0) is 10.1. The number of hydrogen-bond acceptors (Lipinski definition) is 2. The summed E-state index contributed by atoms with van der Waals surface area (Å²) in [5.74, 6) is 0. The fourth-order valence-corrected chi connectivity index (χ4v) is 1.73. The molecule has 0 radical (unpaired) electrons. The van der Waals surface area contributed by atoms with Crippen LogP contribution in [0.25, 0.3) is 10.9 Å². The third-order valence-electron chi connectivity index (χ3n) is 2.26. The van der Waals surface area contributed by atoms with Crippen LogP contribution in [-0.4, -0.2) is 16.3 Å². The normalized spacial score (nSPS) is 11.1. The Kier molecular flexibility index (Phi) is 2.44. The van der Waals surface area contributed by atoms with Crippen molar-refractivity contribution >= 4 is 22.5 Å². The van der Waals surface area contributed by atoms with Crippen LogP contribution in [0.2, 0.25) is 5.15 Å². The molecule has 2 N–H and O–H groups in total. The second-order valence-corrected chi connectivity index (χ2v) is 3.66. The van der Waals surface area contributed by atoms with Gasteiger partial charge in [-0.1, -0.05) is 17.7 Å². The number of fused-ring (bicyclic) bond motifs is 1. The molecule has 3 nitrogen and oxygen atoms in total. The standard InChI is InChI=1S/C10H12ClN3/c1-14-10(11)8-6-7(4-5-12)2-3-9(8)13-14/h2-3,6H,4-5,12H2,1H3. The van der Waals surface area contributed by atoms with E-state index in [1.807, 2.05) is 19.2 Å². The highest BCUT2D eigenvalue weighted by Gasteiger charge is 2.06. The number of hydrogen-bond donors (Lipinski definition) is 1. The molecule has 4 heteroatoms. The topological polar surface area (TPSA) is 43.8 Å². The van der Waals surface area contributed by atoms with Crippen LogP contribution in [0.3, 0.4) is 0 Å². The zero-order valence-corrected chi connectivity index (χ0v) is 8.75. The SMILES string of the molecule is Cn1nc2ccc(CCN)cc2c1Cl. The lowest BCUT2D eigenvalue weighted by molar-refractivity contribution is 0.780. The van der Waals surface area contributed by atoms with E-state index in [1.54, 1.807) is 4.68 Å². The Labute approximate surface area is 87.5 Å². The lowest BCUT2D eigenvalue weighted by Gasteiger charge is -1.97. The summed E-state index contributed by atoms with van der Waals surface area (Å²) < 4.78 is 1.68. The average molecular weight is 210 g/mol. The van der Waals surface area contributed by atoms with E-state index in [4.69, 9.17) is 17.3 Å². The molecule has 1 heterocycles. The van der Waals surface area contributed by atoms with Gasteiger partial charge in [0.1, 0.15) is 5.15 Å². The monoisotopic (exact) mass is 209 g/mol. The maximum absolute atomic E-state index is 6.08. The molecule has 14 heavy (non-hydrogen) atoms. The van der Waals surface area contributed by atoms with Gasteiger partial charge in [-0.3, -0.25) is 4.68 Å². The van der Waals surface area contributed by atoms with E-state index in [0.29, 0.717) is 11.7 Å². The summed E-state index contributed by atoms with van der Waals surface area (Å²) in [5.41, 5.74) is 7.63. The maximum Gasteiger partial charge on any atom is 0.134 e. The third-order valence-corrected chi connectivity index (χ3v) is 2.71. The first-order valence-electron chi connectivity index (χ1n) is 4.53. The summed E-state index contributed by atoms with van der Waals surface area (Å²) in [6.45, 7) is 0.656. The molecule has 1 aromatic carbocycles. The van der Waals surface area contributed by atoms with Crippen LogP contribution in [0.1, 0.15) is 5.56 Å². The molecule has 0 atom stereocenters. The predicted molar refractivity (Wildman–Crippen MR) is 58.5 cm³/mol. The van der Waals surface area contributed by atoms with E-state index in [1.165, 1.54) is 5.56 Å². The summed E-state index contributed by atoms with van der Waals surface area (Å²) in [7, 11) is 1.84. The van der Waals surface area contributed by atoms with Crippen LogP contribution >= 0.6 is 11.6 Å². The molecule has 0 spiro atoms. The number of nitrogens with zero attached hydrogens (tertiary/aromatic N) is 2. The number of nitrogens with two attached hydrogens (primary N) is 1. The van der Waals surface area contributed by atoms with E-state index in [2.05, 4.69) is 11.2 Å². The molecule has 0 aliphatic carbocycles. The van der Waals surface area contributed by atoms with Crippen LogP contribution in [0.4, 0.5) is 0 Å². The summed E-state index contributed by atoms with van der Waals surface area (Å²) in [6.07, 6.45) is 0.876. The molecule has 1 aromatic heterocycles. The van der Waals surface area contributed by atoms with Gasteiger partial charge < -0.3 is 5.73 Å². The van der Waals surface area contributed by atoms with E-state index in [-0.39, 0.29) is 0 Å². The van der Waals surface area contributed by atoms with Crippen molar-refractivity contribution in [2.24, 2.45) is 12.8 Å². The maximum atomic E-state index is 6.08. The number of halogens is 1. The van der Waals surface area contributed by atoms with E-state index in [9.17, 15) is 0 Å². The van der Waals surface area contributed by atoms with Gasteiger partial charge in [0.2, 0.25) is 0 Å². The van der Waals surface area contributed by atoms with Gasteiger partial charge in [0, 0.05) is 12.4 Å². The lowest BCUT2D eigenvalue weighted by Crippen LogP contribution is -2.02. The second-order valence-electron chi connectivity index (χ2n) is 3.30. The number of benzene rings is 1. The van der Waals surface area contributed by atoms with Gasteiger partial charge in [-0.25, -0.2) is 0 Å². The Morgan fingerprint density at radius 2 is 2.29 bits per heavy atom. The first-order chi connectivity index (χ1) is 6.72. The molecule has 0 bridgehead atoms. The highest BCUT2D eigenvalue weighted by Crippen LogP contribution is 2.23. The van der Waals surface area contributed by atoms with E-state index in [0.717, 1.165) is 17.3 Å². The summed E-state index contributed by atoms with van der Waals surface area (Å²) in [6, 6.07) is 6.07. The summed E-state index contributed by atoms with van der Waals surface area (Å²) >= 11 is 6.08. The van der Waals surface area contributed by atoms with Crippen LogP contribution in [0.5, 0.6) is 0 Å². The van der Waals surface area contributed by atoms with Gasteiger partial charge in [0.15, 0.2) is 0 Å². The predicted octanol–water partition coefficient (Wildman–Crippen LogP) is 1.73. The minimum absolute atomic E-state index is 0.656. The molecule has 0 unspecified atom stereocenters. The van der Waals surface area contributed by atoms with Crippen LogP contribution in [0, 0.1) is 0 Å². The van der Waals surface area contributed by atoms with Crippen molar-refractivity contribution in [1.29, 1.82) is 0 Å². The Morgan fingerprint density at radius 3 is 3.00 bits per heavy atom. The van der Waals surface area contributed by atoms with Crippen molar-refractivity contribution in [1.82, 2.24) is 9.78 Å². The highest BCUT2D eigenvalue weighted by molar-refractivity contribution is 6.34. The molecule has 0 saturated carbocycles. The van der Waals surface area contributed by atoms with Crippen LogP contribution in [0.15, 0.2) is 18.2 Å². The Balaban J connectivity index is 2.58.